The van der Waals surface area contributed by atoms with Crippen LogP contribution in [0.5, 0.6) is 0 Å². The van der Waals surface area contributed by atoms with Crippen LogP contribution in [-0.2, 0) is 14.3 Å². The van der Waals surface area contributed by atoms with Gasteiger partial charge >= 0.3 is 5.97 Å². The van der Waals surface area contributed by atoms with Gasteiger partial charge in [-0.25, -0.2) is 0 Å². The summed E-state index contributed by atoms with van der Waals surface area (Å²) in [5.41, 5.74) is 5.05. The molecule has 0 saturated heterocycles. The van der Waals surface area contributed by atoms with Gasteiger partial charge in [-0.1, -0.05) is 18.6 Å². The van der Waals surface area contributed by atoms with E-state index in [1.54, 1.807) is 11.9 Å². The third-order valence-corrected chi connectivity index (χ3v) is 3.93. The lowest BCUT2D eigenvalue weighted by molar-refractivity contribution is -0.143. The van der Waals surface area contributed by atoms with Crippen LogP contribution in [0.3, 0.4) is 0 Å². The van der Waals surface area contributed by atoms with Crippen LogP contribution >= 0.6 is 12.2 Å². The largest absolute Gasteiger partial charge is 0.469 e. The molecule has 1 amide bonds. The summed E-state index contributed by atoms with van der Waals surface area (Å²) < 4.78 is 4.55. The normalized spacial score (nSPS) is 16.6. The fourth-order valence-corrected chi connectivity index (χ4v) is 2.42. The Morgan fingerprint density at radius 3 is 2.44 bits per heavy atom. The number of methoxy groups -OCH3 is 1. The van der Waals surface area contributed by atoms with Crippen molar-refractivity contribution >= 4 is 29.1 Å². The number of rotatable bonds is 6. The van der Waals surface area contributed by atoms with Crippen LogP contribution in [0.2, 0.25) is 0 Å². The van der Waals surface area contributed by atoms with Gasteiger partial charge in [-0.05, 0) is 19.3 Å². The molecule has 18 heavy (non-hydrogen) atoms. The van der Waals surface area contributed by atoms with Gasteiger partial charge < -0.3 is 15.4 Å². The summed E-state index contributed by atoms with van der Waals surface area (Å²) in [6, 6.07) is 0. The minimum absolute atomic E-state index is 0.0221. The second kappa shape index (κ2) is 6.13. The quantitative estimate of drug-likeness (QED) is 0.573. The number of thiocarbonyl (C=S) groups is 1. The van der Waals surface area contributed by atoms with Crippen LogP contribution < -0.4 is 5.73 Å². The molecule has 1 aliphatic rings. The number of hydrogen-bond donors (Lipinski definition) is 1. The van der Waals surface area contributed by atoms with Crippen LogP contribution in [-0.4, -0.2) is 42.5 Å². The predicted molar refractivity (Wildman–Crippen MR) is 72.0 cm³/mol. The van der Waals surface area contributed by atoms with Gasteiger partial charge in [0, 0.05) is 20.0 Å². The Balaban J connectivity index is 2.46. The molecule has 0 aliphatic heterocycles. The van der Waals surface area contributed by atoms with Gasteiger partial charge in [0.15, 0.2) is 0 Å². The number of carbonyl (C=O) groups is 2. The number of carbonyl (C=O) groups excluding carboxylic acids is 2. The highest BCUT2D eigenvalue weighted by molar-refractivity contribution is 7.80. The Bertz CT molecular complexity index is 353. The predicted octanol–water partition coefficient (Wildman–Crippen LogP) is 0.854. The van der Waals surface area contributed by atoms with E-state index < -0.39 is 5.41 Å². The van der Waals surface area contributed by atoms with E-state index in [0.29, 0.717) is 24.4 Å². The zero-order valence-electron chi connectivity index (χ0n) is 10.9. The SMILES string of the molecule is COC(=O)CCCN(C)C(=O)C1(C(N)=S)CCC1. The summed E-state index contributed by atoms with van der Waals surface area (Å²) in [4.78, 5) is 25.1. The minimum atomic E-state index is -0.630. The second-order valence-electron chi connectivity index (χ2n) is 4.71. The van der Waals surface area contributed by atoms with Crippen molar-refractivity contribution in [1.82, 2.24) is 4.90 Å². The van der Waals surface area contributed by atoms with E-state index in [2.05, 4.69) is 4.74 Å². The molecule has 0 aromatic carbocycles. The van der Waals surface area contributed by atoms with E-state index in [-0.39, 0.29) is 11.9 Å². The first-order valence-corrected chi connectivity index (χ1v) is 6.47. The third kappa shape index (κ3) is 2.98. The van der Waals surface area contributed by atoms with Crippen molar-refractivity contribution in [1.29, 1.82) is 0 Å². The van der Waals surface area contributed by atoms with E-state index >= 15 is 0 Å². The second-order valence-corrected chi connectivity index (χ2v) is 5.15. The van der Waals surface area contributed by atoms with Crippen molar-refractivity contribution in [2.45, 2.75) is 32.1 Å². The Kier molecular flexibility index (Phi) is 5.07. The molecular weight excluding hydrogens is 252 g/mol. The number of nitrogens with two attached hydrogens (primary N) is 1. The van der Waals surface area contributed by atoms with E-state index in [9.17, 15) is 9.59 Å². The lowest BCUT2D eigenvalue weighted by Gasteiger charge is -2.41. The molecule has 0 unspecified atom stereocenters. The van der Waals surface area contributed by atoms with Gasteiger partial charge in [0.25, 0.3) is 0 Å². The molecule has 1 fully saturated rings. The molecule has 2 N–H and O–H groups in total. The monoisotopic (exact) mass is 272 g/mol. The highest BCUT2D eigenvalue weighted by Gasteiger charge is 2.48. The maximum atomic E-state index is 12.3. The lowest BCUT2D eigenvalue weighted by Crippen LogP contribution is -2.53. The first-order valence-electron chi connectivity index (χ1n) is 6.06. The topological polar surface area (TPSA) is 72.6 Å². The van der Waals surface area contributed by atoms with Gasteiger partial charge in [-0.2, -0.15) is 0 Å². The van der Waals surface area contributed by atoms with E-state index in [1.165, 1.54) is 7.11 Å². The summed E-state index contributed by atoms with van der Waals surface area (Å²) in [6.45, 7) is 0.512. The Hall–Kier alpha value is -1.17. The average molecular weight is 272 g/mol. The molecule has 1 saturated carbocycles. The molecule has 5 nitrogen and oxygen atoms in total. The van der Waals surface area contributed by atoms with Gasteiger partial charge in [0.1, 0.15) is 0 Å². The van der Waals surface area contributed by atoms with Crippen LogP contribution in [0.1, 0.15) is 32.1 Å². The molecular formula is C12H20N2O3S. The summed E-state index contributed by atoms with van der Waals surface area (Å²) >= 11 is 5.01. The van der Waals surface area contributed by atoms with Crippen LogP contribution in [0, 0.1) is 5.41 Å². The average Bonchev–Trinajstić information content (AvgIpc) is 2.26. The van der Waals surface area contributed by atoms with Crippen molar-refractivity contribution in [3.63, 3.8) is 0 Å². The standard InChI is InChI=1S/C12H20N2O3S/c1-14(8-3-5-9(15)17-2)11(16)12(10(13)18)6-4-7-12/h3-8H2,1-2H3,(H2,13,18). The molecule has 6 heteroatoms. The molecule has 102 valence electrons. The van der Waals surface area contributed by atoms with Gasteiger partial charge in [-0.15, -0.1) is 0 Å². The zero-order chi connectivity index (χ0) is 13.8. The Morgan fingerprint density at radius 1 is 1.44 bits per heavy atom. The summed E-state index contributed by atoms with van der Waals surface area (Å²) in [7, 11) is 3.07. The first-order chi connectivity index (χ1) is 8.44. The highest BCUT2D eigenvalue weighted by atomic mass is 32.1. The Labute approximate surface area is 113 Å². The van der Waals surface area contributed by atoms with Crippen molar-refractivity contribution in [2.75, 3.05) is 20.7 Å². The van der Waals surface area contributed by atoms with Gasteiger partial charge in [0.05, 0.1) is 17.5 Å². The van der Waals surface area contributed by atoms with Crippen molar-refractivity contribution in [2.24, 2.45) is 11.1 Å². The molecule has 0 aromatic rings. The Morgan fingerprint density at radius 2 is 2.06 bits per heavy atom. The summed E-state index contributed by atoms with van der Waals surface area (Å²) in [6.07, 6.45) is 3.36. The van der Waals surface area contributed by atoms with E-state index in [1.807, 2.05) is 0 Å². The fourth-order valence-electron chi connectivity index (χ4n) is 2.13. The van der Waals surface area contributed by atoms with Crippen molar-refractivity contribution in [3.8, 4) is 0 Å². The molecule has 0 radical (unpaired) electrons. The number of ether oxygens (including phenoxy) is 1. The van der Waals surface area contributed by atoms with Gasteiger partial charge in [0.2, 0.25) is 5.91 Å². The number of nitrogens with zero attached hydrogens (tertiary/aromatic N) is 1. The summed E-state index contributed by atoms with van der Waals surface area (Å²) in [5.74, 6) is -0.283. The van der Waals surface area contributed by atoms with Crippen molar-refractivity contribution < 1.29 is 14.3 Å². The maximum absolute atomic E-state index is 12.3. The summed E-state index contributed by atoms with van der Waals surface area (Å²) in [5, 5.41) is 0. The zero-order valence-corrected chi connectivity index (χ0v) is 11.7. The molecule has 0 heterocycles. The smallest absolute Gasteiger partial charge is 0.305 e. The lowest BCUT2D eigenvalue weighted by atomic mass is 9.67. The number of esters is 1. The van der Waals surface area contributed by atoms with E-state index in [4.69, 9.17) is 18.0 Å². The number of hydrogen-bond acceptors (Lipinski definition) is 4. The van der Waals surface area contributed by atoms with E-state index in [0.717, 1.165) is 19.3 Å². The first kappa shape index (κ1) is 14.9. The van der Waals surface area contributed by atoms with Crippen LogP contribution in [0.4, 0.5) is 0 Å². The minimum Gasteiger partial charge on any atom is -0.469 e. The fraction of sp³-hybridized carbons (Fsp3) is 0.750. The third-order valence-electron chi connectivity index (χ3n) is 3.54. The van der Waals surface area contributed by atoms with Crippen LogP contribution in [0.15, 0.2) is 0 Å². The molecule has 0 atom stereocenters. The highest BCUT2D eigenvalue weighted by Crippen LogP contribution is 2.42. The van der Waals surface area contributed by atoms with Gasteiger partial charge in [-0.3, -0.25) is 9.59 Å². The molecule has 0 aromatic heterocycles. The van der Waals surface area contributed by atoms with Crippen LogP contribution in [0.25, 0.3) is 0 Å². The molecule has 1 rings (SSSR count). The van der Waals surface area contributed by atoms with Crippen molar-refractivity contribution in [3.05, 3.63) is 0 Å². The molecule has 1 aliphatic carbocycles. The number of amides is 1. The molecule has 0 spiro atoms. The molecule has 0 bridgehead atoms. The maximum Gasteiger partial charge on any atom is 0.305 e.